The normalized spacial score (nSPS) is 22.1. The standard InChI is InChI=1S/C15H24N2O/c1-3-18-14-6-4-5-13(9-14)15(10-16)17-8-7-12(2)11-17/h4-6,9,12,15H,3,7-8,10-11,16H2,1-2H3. The highest BCUT2D eigenvalue weighted by Gasteiger charge is 2.26. The van der Waals surface area contributed by atoms with Crippen LogP contribution in [0.5, 0.6) is 5.75 Å². The van der Waals surface area contributed by atoms with E-state index in [2.05, 4.69) is 30.0 Å². The summed E-state index contributed by atoms with van der Waals surface area (Å²) in [6.45, 7) is 8.00. The maximum atomic E-state index is 5.97. The fraction of sp³-hybridized carbons (Fsp3) is 0.600. The average Bonchev–Trinajstić information content (AvgIpc) is 2.78. The third-order valence-corrected chi connectivity index (χ3v) is 3.67. The molecule has 0 spiro atoms. The molecule has 0 radical (unpaired) electrons. The molecule has 0 aromatic heterocycles. The molecule has 18 heavy (non-hydrogen) atoms. The first-order chi connectivity index (χ1) is 8.74. The predicted octanol–water partition coefficient (Wildman–Crippen LogP) is 2.43. The third-order valence-electron chi connectivity index (χ3n) is 3.67. The molecule has 0 amide bonds. The largest absolute Gasteiger partial charge is 0.494 e. The summed E-state index contributed by atoms with van der Waals surface area (Å²) in [5, 5.41) is 0. The molecule has 1 aromatic carbocycles. The van der Waals surface area contributed by atoms with Crippen molar-refractivity contribution in [2.75, 3.05) is 26.2 Å². The lowest BCUT2D eigenvalue weighted by atomic mass is 10.1. The number of nitrogens with two attached hydrogens (primary N) is 1. The van der Waals surface area contributed by atoms with Crippen LogP contribution >= 0.6 is 0 Å². The Labute approximate surface area is 110 Å². The van der Waals surface area contributed by atoms with E-state index in [1.165, 1.54) is 12.0 Å². The molecule has 100 valence electrons. The van der Waals surface area contributed by atoms with Crippen molar-refractivity contribution in [3.8, 4) is 5.75 Å². The van der Waals surface area contributed by atoms with Crippen LogP contribution in [-0.4, -0.2) is 31.1 Å². The van der Waals surface area contributed by atoms with Crippen molar-refractivity contribution in [3.63, 3.8) is 0 Å². The van der Waals surface area contributed by atoms with Crippen molar-refractivity contribution in [2.45, 2.75) is 26.3 Å². The smallest absolute Gasteiger partial charge is 0.119 e. The molecule has 0 saturated carbocycles. The van der Waals surface area contributed by atoms with E-state index in [9.17, 15) is 0 Å². The van der Waals surface area contributed by atoms with Gasteiger partial charge in [-0.15, -0.1) is 0 Å². The van der Waals surface area contributed by atoms with Crippen molar-refractivity contribution in [1.29, 1.82) is 0 Å². The Morgan fingerprint density at radius 3 is 2.94 bits per heavy atom. The van der Waals surface area contributed by atoms with E-state index in [-0.39, 0.29) is 0 Å². The van der Waals surface area contributed by atoms with E-state index in [0.29, 0.717) is 19.2 Å². The molecule has 1 saturated heterocycles. The molecule has 2 N–H and O–H groups in total. The first-order valence-corrected chi connectivity index (χ1v) is 6.91. The van der Waals surface area contributed by atoms with E-state index in [1.54, 1.807) is 0 Å². The Kier molecular flexibility index (Phi) is 4.61. The number of hydrogen-bond acceptors (Lipinski definition) is 3. The second kappa shape index (κ2) is 6.21. The van der Waals surface area contributed by atoms with Gasteiger partial charge in [0.05, 0.1) is 6.61 Å². The van der Waals surface area contributed by atoms with Gasteiger partial charge in [-0.3, -0.25) is 4.90 Å². The van der Waals surface area contributed by atoms with E-state index >= 15 is 0 Å². The van der Waals surface area contributed by atoms with Crippen LogP contribution in [-0.2, 0) is 0 Å². The van der Waals surface area contributed by atoms with Gasteiger partial charge in [-0.1, -0.05) is 19.1 Å². The van der Waals surface area contributed by atoms with Gasteiger partial charge in [-0.05, 0) is 43.5 Å². The number of hydrogen-bond donors (Lipinski definition) is 1. The highest BCUT2D eigenvalue weighted by molar-refractivity contribution is 5.31. The molecule has 1 aromatic rings. The van der Waals surface area contributed by atoms with Crippen LogP contribution in [0.25, 0.3) is 0 Å². The number of ether oxygens (including phenoxy) is 1. The van der Waals surface area contributed by atoms with E-state index in [0.717, 1.165) is 24.8 Å². The zero-order valence-corrected chi connectivity index (χ0v) is 11.4. The molecule has 0 aliphatic carbocycles. The first-order valence-electron chi connectivity index (χ1n) is 6.91. The molecular weight excluding hydrogens is 224 g/mol. The highest BCUT2D eigenvalue weighted by atomic mass is 16.5. The Bertz CT molecular complexity index is 381. The van der Waals surface area contributed by atoms with Crippen LogP contribution in [0.2, 0.25) is 0 Å². The summed E-state index contributed by atoms with van der Waals surface area (Å²) >= 11 is 0. The quantitative estimate of drug-likeness (QED) is 0.869. The molecule has 1 heterocycles. The molecule has 2 unspecified atom stereocenters. The van der Waals surface area contributed by atoms with Crippen molar-refractivity contribution >= 4 is 0 Å². The molecule has 3 heteroatoms. The van der Waals surface area contributed by atoms with Gasteiger partial charge >= 0.3 is 0 Å². The van der Waals surface area contributed by atoms with Gasteiger partial charge in [0, 0.05) is 19.1 Å². The summed E-state index contributed by atoms with van der Waals surface area (Å²) in [5.74, 6) is 1.73. The van der Waals surface area contributed by atoms with Crippen molar-refractivity contribution in [2.24, 2.45) is 11.7 Å². The first kappa shape index (κ1) is 13.4. The Morgan fingerprint density at radius 1 is 1.50 bits per heavy atom. The minimum Gasteiger partial charge on any atom is -0.494 e. The molecular formula is C15H24N2O. The summed E-state index contributed by atoms with van der Waals surface area (Å²) in [6, 6.07) is 8.68. The number of benzene rings is 1. The summed E-state index contributed by atoms with van der Waals surface area (Å²) in [7, 11) is 0. The summed E-state index contributed by atoms with van der Waals surface area (Å²) in [6.07, 6.45) is 1.28. The monoisotopic (exact) mass is 248 g/mol. The SMILES string of the molecule is CCOc1cccc(C(CN)N2CCC(C)C2)c1. The minimum absolute atomic E-state index is 0.329. The van der Waals surface area contributed by atoms with Gasteiger partial charge in [0.2, 0.25) is 0 Å². The van der Waals surface area contributed by atoms with Gasteiger partial charge in [-0.2, -0.15) is 0 Å². The Balaban J connectivity index is 2.13. The predicted molar refractivity (Wildman–Crippen MR) is 74.8 cm³/mol. The van der Waals surface area contributed by atoms with Gasteiger partial charge in [0.15, 0.2) is 0 Å². The third kappa shape index (κ3) is 3.03. The van der Waals surface area contributed by atoms with Crippen LogP contribution in [0.15, 0.2) is 24.3 Å². The van der Waals surface area contributed by atoms with Crippen LogP contribution in [0.3, 0.4) is 0 Å². The van der Waals surface area contributed by atoms with E-state index in [1.807, 2.05) is 13.0 Å². The maximum Gasteiger partial charge on any atom is 0.119 e. The molecule has 1 fully saturated rings. The lowest BCUT2D eigenvalue weighted by Gasteiger charge is -2.27. The van der Waals surface area contributed by atoms with Crippen LogP contribution in [0, 0.1) is 5.92 Å². The van der Waals surface area contributed by atoms with E-state index < -0.39 is 0 Å². The zero-order valence-electron chi connectivity index (χ0n) is 11.4. The lowest BCUT2D eigenvalue weighted by Crippen LogP contribution is -2.31. The minimum atomic E-state index is 0.329. The van der Waals surface area contributed by atoms with Crippen LogP contribution in [0.1, 0.15) is 31.9 Å². The number of rotatable bonds is 5. The summed E-state index contributed by atoms with van der Waals surface area (Å²) in [5.41, 5.74) is 7.25. The van der Waals surface area contributed by atoms with Crippen LogP contribution < -0.4 is 10.5 Å². The fourth-order valence-electron chi connectivity index (χ4n) is 2.73. The highest BCUT2D eigenvalue weighted by Crippen LogP contribution is 2.28. The van der Waals surface area contributed by atoms with Crippen molar-refractivity contribution < 1.29 is 4.74 Å². The molecule has 1 aliphatic heterocycles. The molecule has 2 rings (SSSR count). The fourth-order valence-corrected chi connectivity index (χ4v) is 2.73. The van der Waals surface area contributed by atoms with Gasteiger partial charge < -0.3 is 10.5 Å². The molecule has 2 atom stereocenters. The summed E-state index contributed by atoms with van der Waals surface area (Å²) in [4.78, 5) is 2.50. The number of likely N-dealkylation sites (tertiary alicyclic amines) is 1. The second-order valence-corrected chi connectivity index (χ2v) is 5.15. The van der Waals surface area contributed by atoms with E-state index in [4.69, 9.17) is 10.5 Å². The average molecular weight is 248 g/mol. The van der Waals surface area contributed by atoms with Gasteiger partial charge in [-0.25, -0.2) is 0 Å². The Hall–Kier alpha value is -1.06. The zero-order chi connectivity index (χ0) is 13.0. The molecule has 1 aliphatic rings. The maximum absolute atomic E-state index is 5.97. The van der Waals surface area contributed by atoms with Crippen LogP contribution in [0.4, 0.5) is 0 Å². The number of nitrogens with zero attached hydrogens (tertiary/aromatic N) is 1. The molecule has 3 nitrogen and oxygen atoms in total. The van der Waals surface area contributed by atoms with Gasteiger partial charge in [0.25, 0.3) is 0 Å². The molecule has 0 bridgehead atoms. The van der Waals surface area contributed by atoms with Gasteiger partial charge in [0.1, 0.15) is 5.75 Å². The van der Waals surface area contributed by atoms with Crippen molar-refractivity contribution in [1.82, 2.24) is 4.90 Å². The Morgan fingerprint density at radius 2 is 2.33 bits per heavy atom. The lowest BCUT2D eigenvalue weighted by molar-refractivity contribution is 0.243. The topological polar surface area (TPSA) is 38.5 Å². The summed E-state index contributed by atoms with van der Waals surface area (Å²) < 4.78 is 5.57. The van der Waals surface area contributed by atoms with Crippen molar-refractivity contribution in [3.05, 3.63) is 29.8 Å². The second-order valence-electron chi connectivity index (χ2n) is 5.15.